The quantitative estimate of drug-likeness (QED) is 0.734. The molecule has 0 aliphatic heterocycles. The van der Waals surface area contributed by atoms with E-state index in [1.54, 1.807) is 6.20 Å². The maximum absolute atomic E-state index is 12.9. The zero-order valence-corrected chi connectivity index (χ0v) is 13.2. The van der Waals surface area contributed by atoms with Gasteiger partial charge in [0.1, 0.15) is 5.82 Å². The molecule has 0 aliphatic carbocycles. The van der Waals surface area contributed by atoms with Gasteiger partial charge in [0.2, 0.25) is 5.95 Å². The summed E-state index contributed by atoms with van der Waals surface area (Å²) in [7, 11) is 1.91. The smallest absolute Gasteiger partial charge is 0.253 e. The molecule has 2 aromatic heterocycles. The van der Waals surface area contributed by atoms with Crippen molar-refractivity contribution < 1.29 is 9.18 Å². The normalized spacial score (nSPS) is 11.9. The minimum atomic E-state index is -0.612. The Morgan fingerprint density at radius 3 is 2.62 bits per heavy atom. The first kappa shape index (κ1) is 15.9. The second-order valence-electron chi connectivity index (χ2n) is 5.46. The van der Waals surface area contributed by atoms with E-state index in [1.165, 1.54) is 18.3 Å². The fourth-order valence-corrected chi connectivity index (χ4v) is 2.47. The van der Waals surface area contributed by atoms with Crippen LogP contribution < -0.4 is 5.32 Å². The zero-order chi connectivity index (χ0) is 16.9. The highest BCUT2D eigenvalue weighted by atomic mass is 19.1. The molecule has 3 rings (SSSR count). The summed E-state index contributed by atoms with van der Waals surface area (Å²) in [5, 5.41) is 2.98. The van der Waals surface area contributed by atoms with Gasteiger partial charge < -0.3 is 9.88 Å². The highest BCUT2D eigenvalue weighted by Crippen LogP contribution is 2.18. The van der Waals surface area contributed by atoms with Crippen LogP contribution in [0.15, 0.2) is 61.1 Å². The lowest BCUT2D eigenvalue weighted by Gasteiger charge is -2.19. The van der Waals surface area contributed by atoms with Crippen molar-refractivity contribution in [1.82, 2.24) is 19.9 Å². The molecule has 1 atom stereocenters. The molecule has 0 unspecified atom stereocenters. The summed E-state index contributed by atoms with van der Waals surface area (Å²) >= 11 is 0. The number of aromatic nitrogens is 3. The number of hydrogen-bond acceptors (Lipinski definition) is 3. The Kier molecular flexibility index (Phi) is 4.65. The molecule has 0 aliphatic rings. The van der Waals surface area contributed by atoms with Crippen molar-refractivity contribution in [3.05, 3.63) is 84.0 Å². The lowest BCUT2D eigenvalue weighted by atomic mass is 10.0. The van der Waals surface area contributed by atoms with Gasteiger partial charge in [-0.05, 0) is 17.7 Å². The van der Waals surface area contributed by atoms with Gasteiger partial charge >= 0.3 is 0 Å². The SMILES string of the molecule is Cn1ccnc1C[C@@H](NC(=O)c1ccc(F)nc1)c1ccccc1. The number of benzene rings is 1. The molecule has 2 heterocycles. The Bertz CT molecular complexity index is 815. The van der Waals surface area contributed by atoms with Crippen LogP contribution in [0.5, 0.6) is 0 Å². The fraction of sp³-hybridized carbons (Fsp3) is 0.167. The van der Waals surface area contributed by atoms with E-state index in [1.807, 2.05) is 48.1 Å². The Labute approximate surface area is 139 Å². The van der Waals surface area contributed by atoms with Gasteiger partial charge in [-0.25, -0.2) is 9.97 Å². The highest BCUT2D eigenvalue weighted by molar-refractivity contribution is 5.94. The third kappa shape index (κ3) is 3.65. The van der Waals surface area contributed by atoms with E-state index in [0.717, 1.165) is 11.4 Å². The van der Waals surface area contributed by atoms with Gasteiger partial charge in [0, 0.05) is 32.1 Å². The second-order valence-corrected chi connectivity index (χ2v) is 5.46. The summed E-state index contributed by atoms with van der Waals surface area (Å²) < 4.78 is 14.8. The van der Waals surface area contributed by atoms with E-state index in [4.69, 9.17) is 0 Å². The van der Waals surface area contributed by atoms with E-state index in [2.05, 4.69) is 15.3 Å². The van der Waals surface area contributed by atoms with Crippen LogP contribution in [0.2, 0.25) is 0 Å². The first-order valence-corrected chi connectivity index (χ1v) is 7.57. The molecule has 0 saturated heterocycles. The molecule has 1 amide bonds. The summed E-state index contributed by atoms with van der Waals surface area (Å²) in [6.45, 7) is 0. The lowest BCUT2D eigenvalue weighted by molar-refractivity contribution is 0.0935. The number of rotatable bonds is 5. The molecule has 6 heteroatoms. The van der Waals surface area contributed by atoms with Crippen LogP contribution in [0.25, 0.3) is 0 Å². The van der Waals surface area contributed by atoms with Crippen LogP contribution in [0.1, 0.15) is 27.8 Å². The number of carbonyl (C=O) groups excluding carboxylic acids is 1. The van der Waals surface area contributed by atoms with Gasteiger partial charge in [0.25, 0.3) is 5.91 Å². The lowest BCUT2D eigenvalue weighted by Crippen LogP contribution is -2.30. The highest BCUT2D eigenvalue weighted by Gasteiger charge is 2.18. The molecule has 3 aromatic rings. The predicted octanol–water partition coefficient (Wildman–Crippen LogP) is 2.67. The summed E-state index contributed by atoms with van der Waals surface area (Å²) in [5.74, 6) is -0.0499. The molecule has 1 N–H and O–H groups in total. The number of aryl methyl sites for hydroxylation is 1. The number of hydrogen-bond donors (Lipinski definition) is 1. The van der Waals surface area contributed by atoms with Crippen molar-refractivity contribution in [2.24, 2.45) is 7.05 Å². The number of nitrogens with zero attached hydrogens (tertiary/aromatic N) is 3. The van der Waals surface area contributed by atoms with Crippen LogP contribution >= 0.6 is 0 Å². The number of nitrogens with one attached hydrogen (secondary N) is 1. The summed E-state index contributed by atoms with van der Waals surface area (Å²) in [6, 6.07) is 12.0. The number of imidazole rings is 1. The van der Waals surface area contributed by atoms with E-state index in [0.29, 0.717) is 12.0 Å². The largest absolute Gasteiger partial charge is 0.345 e. The van der Waals surface area contributed by atoms with Crippen molar-refractivity contribution in [2.75, 3.05) is 0 Å². The van der Waals surface area contributed by atoms with Crippen molar-refractivity contribution in [2.45, 2.75) is 12.5 Å². The minimum absolute atomic E-state index is 0.246. The van der Waals surface area contributed by atoms with Crippen LogP contribution in [0.4, 0.5) is 4.39 Å². The third-order valence-electron chi connectivity index (χ3n) is 3.80. The first-order valence-electron chi connectivity index (χ1n) is 7.57. The fourth-order valence-electron chi connectivity index (χ4n) is 2.47. The molecule has 0 spiro atoms. The van der Waals surface area contributed by atoms with E-state index in [-0.39, 0.29) is 11.9 Å². The Morgan fingerprint density at radius 2 is 2.00 bits per heavy atom. The number of pyridine rings is 1. The van der Waals surface area contributed by atoms with Crippen LogP contribution in [0, 0.1) is 5.95 Å². The van der Waals surface area contributed by atoms with Crippen LogP contribution in [-0.2, 0) is 13.5 Å². The minimum Gasteiger partial charge on any atom is -0.345 e. The maximum Gasteiger partial charge on any atom is 0.253 e. The van der Waals surface area contributed by atoms with Crippen LogP contribution in [0.3, 0.4) is 0 Å². The molecule has 5 nitrogen and oxygen atoms in total. The van der Waals surface area contributed by atoms with Crippen molar-refractivity contribution in [1.29, 1.82) is 0 Å². The van der Waals surface area contributed by atoms with E-state index >= 15 is 0 Å². The predicted molar refractivity (Wildman–Crippen MR) is 87.8 cm³/mol. The number of halogens is 1. The molecule has 122 valence electrons. The Hall–Kier alpha value is -3.02. The van der Waals surface area contributed by atoms with Crippen molar-refractivity contribution >= 4 is 5.91 Å². The van der Waals surface area contributed by atoms with Crippen molar-refractivity contribution in [3.63, 3.8) is 0 Å². The number of amides is 1. The summed E-state index contributed by atoms with van der Waals surface area (Å²) in [6.07, 6.45) is 5.37. The number of carbonyl (C=O) groups is 1. The second kappa shape index (κ2) is 7.04. The molecular formula is C18H17FN4O. The Morgan fingerprint density at radius 1 is 1.21 bits per heavy atom. The van der Waals surface area contributed by atoms with Gasteiger partial charge in [0.05, 0.1) is 11.6 Å². The average molecular weight is 324 g/mol. The zero-order valence-electron chi connectivity index (χ0n) is 13.2. The topological polar surface area (TPSA) is 59.8 Å². The third-order valence-corrected chi connectivity index (χ3v) is 3.80. The first-order chi connectivity index (χ1) is 11.6. The van der Waals surface area contributed by atoms with Gasteiger partial charge in [-0.3, -0.25) is 4.79 Å². The average Bonchev–Trinajstić information content (AvgIpc) is 3.00. The maximum atomic E-state index is 12.9. The molecule has 0 bridgehead atoms. The molecule has 0 saturated carbocycles. The van der Waals surface area contributed by atoms with Gasteiger partial charge in [-0.1, -0.05) is 30.3 Å². The molecule has 0 fully saturated rings. The van der Waals surface area contributed by atoms with E-state index < -0.39 is 5.95 Å². The summed E-state index contributed by atoms with van der Waals surface area (Å²) in [5.41, 5.74) is 1.29. The molecule has 0 radical (unpaired) electrons. The van der Waals surface area contributed by atoms with Crippen LogP contribution in [-0.4, -0.2) is 20.4 Å². The van der Waals surface area contributed by atoms with Gasteiger partial charge in [0.15, 0.2) is 0 Å². The molecule has 1 aromatic carbocycles. The molecular weight excluding hydrogens is 307 g/mol. The van der Waals surface area contributed by atoms with E-state index in [9.17, 15) is 9.18 Å². The van der Waals surface area contributed by atoms with Crippen molar-refractivity contribution in [3.8, 4) is 0 Å². The standard InChI is InChI=1S/C18H17FN4O/c1-23-10-9-20-17(23)11-15(13-5-3-2-4-6-13)22-18(24)14-7-8-16(19)21-12-14/h2-10,12,15H,11H2,1H3,(H,22,24)/t15-/m1/s1. The molecule has 24 heavy (non-hydrogen) atoms. The van der Waals surface area contributed by atoms with Gasteiger partial charge in [-0.2, -0.15) is 4.39 Å². The summed E-state index contributed by atoms with van der Waals surface area (Å²) in [4.78, 5) is 20.3. The Balaban J connectivity index is 1.83. The van der Waals surface area contributed by atoms with Gasteiger partial charge in [-0.15, -0.1) is 0 Å². The monoisotopic (exact) mass is 324 g/mol.